The molecule has 15 heteroatoms. The van der Waals surface area contributed by atoms with Gasteiger partial charge in [-0.15, -0.1) is 0 Å². The van der Waals surface area contributed by atoms with E-state index in [1.165, 1.54) is 0 Å². The molecule has 4 amide bonds. The number of esters is 1. The molecule has 0 radical (unpaired) electrons. The largest absolute Gasteiger partial charge is 0.460 e. The van der Waals surface area contributed by atoms with Crippen LogP contribution < -0.4 is 20.9 Å². The van der Waals surface area contributed by atoms with Gasteiger partial charge < -0.3 is 49.1 Å². The summed E-state index contributed by atoms with van der Waals surface area (Å²) in [5, 5.41) is 9.03. The third kappa shape index (κ3) is 20.5. The zero-order valence-corrected chi connectivity index (χ0v) is 36.0. The average Bonchev–Trinajstić information content (AvgIpc) is 3.65. The molecule has 1 saturated carbocycles. The van der Waals surface area contributed by atoms with E-state index in [-0.39, 0.29) is 54.5 Å². The van der Waals surface area contributed by atoms with E-state index in [9.17, 15) is 24.0 Å². The van der Waals surface area contributed by atoms with Gasteiger partial charge in [0.05, 0.1) is 59.3 Å². The summed E-state index contributed by atoms with van der Waals surface area (Å²) in [5.74, 6) is -0.649. The van der Waals surface area contributed by atoms with E-state index in [4.69, 9.17) is 23.7 Å². The maximum atomic E-state index is 13.2. The highest BCUT2D eigenvalue weighted by Gasteiger charge is 2.28. The van der Waals surface area contributed by atoms with E-state index in [0.717, 1.165) is 30.5 Å². The summed E-state index contributed by atoms with van der Waals surface area (Å²) in [6.07, 6.45) is 7.58. The fourth-order valence-electron chi connectivity index (χ4n) is 6.65. The molecule has 3 rings (SSSR count). The van der Waals surface area contributed by atoms with Gasteiger partial charge >= 0.3 is 5.97 Å². The maximum Gasteiger partial charge on any atom is 0.308 e. The van der Waals surface area contributed by atoms with Crippen molar-refractivity contribution in [1.82, 2.24) is 20.5 Å². The molecule has 2 aromatic rings. The predicted octanol–water partition coefficient (Wildman–Crippen LogP) is 4.73. The molecule has 0 bridgehead atoms. The lowest BCUT2D eigenvalue weighted by Crippen LogP contribution is -2.42. The molecule has 1 aromatic carbocycles. The van der Waals surface area contributed by atoms with E-state index < -0.39 is 5.60 Å². The molecule has 0 saturated heterocycles. The fourth-order valence-corrected chi connectivity index (χ4v) is 6.65. The molecular formula is C44H69N5O10. The van der Waals surface area contributed by atoms with Crippen LogP contribution in [0.1, 0.15) is 102 Å². The van der Waals surface area contributed by atoms with Crippen LogP contribution in [0.3, 0.4) is 0 Å². The number of hydrogen-bond acceptors (Lipinski definition) is 10. The van der Waals surface area contributed by atoms with Gasteiger partial charge in [-0.1, -0.05) is 18.6 Å². The summed E-state index contributed by atoms with van der Waals surface area (Å²) >= 11 is 0. The molecular weight excluding hydrogens is 759 g/mol. The Labute approximate surface area is 350 Å². The van der Waals surface area contributed by atoms with Crippen molar-refractivity contribution in [2.45, 2.75) is 111 Å². The van der Waals surface area contributed by atoms with Crippen molar-refractivity contribution in [3.8, 4) is 0 Å². The van der Waals surface area contributed by atoms with Gasteiger partial charge in [0.2, 0.25) is 17.7 Å². The minimum atomic E-state index is -0.493. The average molecular weight is 828 g/mol. The standard InChI is InChI=1S/C44H69N5O10/c1-6-49(37-13-10-12-34(2)32-37)40(51)33-48-23-11-14-38(48)43(54)47-36-18-16-35(17-19-36)42(53)46-21-9-7-8-15-39(50)45-22-25-56-27-29-58-31-30-57-28-26-55-24-20-41(52)59-44(3,4)5/h10-14,23,32,35-36H,6-9,15-22,24-31,33H2,1-5H3,(H,45,50)(H,46,53)(H,47,54)/t35-,36-. The summed E-state index contributed by atoms with van der Waals surface area (Å²) in [7, 11) is 0. The lowest BCUT2D eigenvalue weighted by molar-refractivity contribution is -0.156. The molecule has 59 heavy (non-hydrogen) atoms. The number of ether oxygens (including phenoxy) is 5. The van der Waals surface area contributed by atoms with Crippen LogP contribution >= 0.6 is 0 Å². The first-order valence-electron chi connectivity index (χ1n) is 21.3. The summed E-state index contributed by atoms with van der Waals surface area (Å²) < 4.78 is 28.7. The number of carbonyl (C=O) groups excluding carboxylic acids is 5. The minimum absolute atomic E-state index is 0.0216. The van der Waals surface area contributed by atoms with Crippen LogP contribution in [0.25, 0.3) is 0 Å². The number of rotatable bonds is 28. The van der Waals surface area contributed by atoms with E-state index >= 15 is 0 Å². The normalized spacial score (nSPS) is 15.3. The summed E-state index contributed by atoms with van der Waals surface area (Å²) in [4.78, 5) is 64.7. The van der Waals surface area contributed by atoms with Gasteiger partial charge in [0.25, 0.3) is 5.91 Å². The molecule has 0 atom stereocenters. The van der Waals surface area contributed by atoms with E-state index in [2.05, 4.69) is 16.0 Å². The Morgan fingerprint density at radius 2 is 1.42 bits per heavy atom. The van der Waals surface area contributed by atoms with Crippen molar-refractivity contribution in [3.63, 3.8) is 0 Å². The highest BCUT2D eigenvalue weighted by molar-refractivity contribution is 5.96. The second-order valence-electron chi connectivity index (χ2n) is 15.8. The van der Waals surface area contributed by atoms with Crippen molar-refractivity contribution in [1.29, 1.82) is 0 Å². The molecule has 1 heterocycles. The van der Waals surface area contributed by atoms with E-state index in [0.29, 0.717) is 110 Å². The molecule has 0 aliphatic heterocycles. The van der Waals surface area contributed by atoms with Gasteiger partial charge in [-0.05, 0) is 103 Å². The van der Waals surface area contributed by atoms with Gasteiger partial charge in [0, 0.05) is 49.9 Å². The first-order valence-corrected chi connectivity index (χ1v) is 21.3. The number of hydrogen-bond donors (Lipinski definition) is 3. The van der Waals surface area contributed by atoms with Crippen LogP contribution in [0, 0.1) is 12.8 Å². The number of aromatic nitrogens is 1. The van der Waals surface area contributed by atoms with Crippen LogP contribution in [0.4, 0.5) is 5.69 Å². The fraction of sp³-hybridized carbons (Fsp3) is 0.659. The second kappa shape index (κ2) is 27.4. The van der Waals surface area contributed by atoms with Gasteiger partial charge in [-0.25, -0.2) is 0 Å². The molecule has 3 N–H and O–H groups in total. The van der Waals surface area contributed by atoms with E-state index in [1.807, 2.05) is 58.9 Å². The zero-order valence-electron chi connectivity index (χ0n) is 36.0. The Hall–Kier alpha value is -4.31. The third-order valence-corrected chi connectivity index (χ3v) is 9.67. The first-order chi connectivity index (χ1) is 28.4. The van der Waals surface area contributed by atoms with Crippen LogP contribution in [-0.2, 0) is 49.4 Å². The van der Waals surface area contributed by atoms with Crippen molar-refractivity contribution in [3.05, 3.63) is 53.9 Å². The molecule has 0 unspecified atom stereocenters. The molecule has 330 valence electrons. The molecule has 1 aliphatic carbocycles. The SMILES string of the molecule is CCN(C(=O)Cn1cccc1C(=O)N[C@H]1CC[C@H](C(=O)NCCCCCC(=O)NCCOCCOCCOCCOCCC(=O)OC(C)(C)C)CC1)c1cccc(C)c1. The van der Waals surface area contributed by atoms with Crippen molar-refractivity contribution in [2.24, 2.45) is 5.92 Å². The van der Waals surface area contributed by atoms with Crippen molar-refractivity contribution >= 4 is 35.3 Å². The van der Waals surface area contributed by atoms with Crippen molar-refractivity contribution < 1.29 is 47.7 Å². The lowest BCUT2D eigenvalue weighted by Gasteiger charge is -2.28. The first kappa shape index (κ1) is 49.1. The van der Waals surface area contributed by atoms with Crippen LogP contribution in [-0.4, -0.2) is 118 Å². The number of amides is 4. The number of benzene rings is 1. The number of likely N-dealkylation sites (N-methyl/N-ethyl adjacent to an activating group) is 1. The second-order valence-corrected chi connectivity index (χ2v) is 15.8. The van der Waals surface area contributed by atoms with Gasteiger partial charge in [-0.3, -0.25) is 24.0 Å². The molecule has 15 nitrogen and oxygen atoms in total. The third-order valence-electron chi connectivity index (χ3n) is 9.67. The van der Waals surface area contributed by atoms with Crippen LogP contribution in [0.15, 0.2) is 42.6 Å². The number of unbranched alkanes of at least 4 members (excludes halogenated alkanes) is 2. The lowest BCUT2D eigenvalue weighted by atomic mass is 9.85. The summed E-state index contributed by atoms with van der Waals surface area (Å²) in [6, 6.07) is 11.3. The number of nitrogens with one attached hydrogen (secondary N) is 3. The molecule has 1 aromatic heterocycles. The number of nitrogens with zero attached hydrogens (tertiary/aromatic N) is 2. The highest BCUT2D eigenvalue weighted by atomic mass is 16.6. The Balaban J connectivity index is 1.13. The molecule has 0 spiro atoms. The highest BCUT2D eigenvalue weighted by Crippen LogP contribution is 2.25. The topological polar surface area (TPSA) is 176 Å². The van der Waals surface area contributed by atoms with Gasteiger partial charge in [0.1, 0.15) is 17.8 Å². The van der Waals surface area contributed by atoms with E-state index in [1.54, 1.807) is 27.8 Å². The summed E-state index contributed by atoms with van der Waals surface area (Å²) in [6.45, 7) is 14.2. The summed E-state index contributed by atoms with van der Waals surface area (Å²) in [5.41, 5.74) is 1.86. The van der Waals surface area contributed by atoms with Gasteiger partial charge in [0.15, 0.2) is 0 Å². The van der Waals surface area contributed by atoms with Crippen LogP contribution in [0.2, 0.25) is 0 Å². The Bertz CT molecular complexity index is 1570. The monoisotopic (exact) mass is 828 g/mol. The number of carbonyl (C=O) groups is 5. The quantitative estimate of drug-likeness (QED) is 0.0804. The molecule has 1 fully saturated rings. The Morgan fingerprint density at radius 3 is 2.07 bits per heavy atom. The smallest absolute Gasteiger partial charge is 0.308 e. The zero-order chi connectivity index (χ0) is 42.9. The maximum absolute atomic E-state index is 13.2. The molecule has 1 aliphatic rings. The minimum Gasteiger partial charge on any atom is -0.460 e. The Kier molecular flexibility index (Phi) is 22.8. The van der Waals surface area contributed by atoms with Crippen LogP contribution in [0.5, 0.6) is 0 Å². The number of anilines is 1. The van der Waals surface area contributed by atoms with Crippen molar-refractivity contribution in [2.75, 3.05) is 77.4 Å². The predicted molar refractivity (Wildman–Crippen MR) is 225 cm³/mol. The van der Waals surface area contributed by atoms with Gasteiger partial charge in [-0.2, -0.15) is 0 Å². The number of aryl methyl sites for hydroxylation is 1. The Morgan fingerprint density at radius 1 is 0.763 bits per heavy atom.